The van der Waals surface area contributed by atoms with Crippen LogP contribution >= 0.6 is 0 Å². The number of carbonyl (C=O) groups excluding carboxylic acids is 3. The molecule has 194 valence electrons. The van der Waals surface area contributed by atoms with Crippen LogP contribution in [0.15, 0.2) is 78.9 Å². The van der Waals surface area contributed by atoms with Crippen LogP contribution in [0.4, 0.5) is 11.4 Å². The van der Waals surface area contributed by atoms with Crippen LogP contribution in [-0.2, 0) is 22.7 Å². The molecule has 0 spiro atoms. The van der Waals surface area contributed by atoms with Crippen molar-refractivity contribution in [3.63, 3.8) is 0 Å². The summed E-state index contributed by atoms with van der Waals surface area (Å²) in [4.78, 5) is 43.8. The lowest BCUT2D eigenvalue weighted by Crippen LogP contribution is -2.52. The maximum Gasteiger partial charge on any atom is 0.255 e. The summed E-state index contributed by atoms with van der Waals surface area (Å²) in [5, 5.41) is 2.39. The molecule has 1 N–H and O–H groups in total. The van der Waals surface area contributed by atoms with Gasteiger partial charge in [-0.2, -0.15) is 0 Å². The van der Waals surface area contributed by atoms with Gasteiger partial charge in [0, 0.05) is 55.6 Å². The molecule has 3 aromatic carbocycles. The summed E-state index contributed by atoms with van der Waals surface area (Å²) in [6, 6.07) is 26.9. The first-order valence-electron chi connectivity index (χ1n) is 13.5. The fourth-order valence-corrected chi connectivity index (χ4v) is 6.12. The summed E-state index contributed by atoms with van der Waals surface area (Å²) in [7, 11) is 0. The number of piperidine rings is 2. The molecule has 6 rings (SSSR count). The number of para-hydroxylation sites is 2. The number of anilines is 2. The van der Waals surface area contributed by atoms with Crippen molar-refractivity contribution in [1.29, 1.82) is 0 Å². The predicted octanol–water partition coefficient (Wildman–Crippen LogP) is 4.25. The Hall–Kier alpha value is -3.97. The molecule has 3 aliphatic rings. The first kappa shape index (κ1) is 24.4. The first-order chi connectivity index (χ1) is 18.6. The van der Waals surface area contributed by atoms with Crippen molar-refractivity contribution in [3.05, 3.63) is 95.6 Å². The minimum Gasteiger partial charge on any atom is -0.338 e. The van der Waals surface area contributed by atoms with Crippen molar-refractivity contribution in [1.82, 2.24) is 15.1 Å². The Bertz CT molecular complexity index is 1300. The Kier molecular flexibility index (Phi) is 6.68. The minimum atomic E-state index is -0.585. The summed E-state index contributed by atoms with van der Waals surface area (Å²) in [6.07, 6.45) is 2.73. The van der Waals surface area contributed by atoms with Gasteiger partial charge in [0.1, 0.15) is 6.04 Å². The smallest absolute Gasteiger partial charge is 0.255 e. The van der Waals surface area contributed by atoms with Crippen LogP contribution in [0.5, 0.6) is 0 Å². The van der Waals surface area contributed by atoms with Crippen molar-refractivity contribution >= 4 is 29.1 Å². The molecule has 3 aromatic rings. The molecule has 38 heavy (non-hydrogen) atoms. The largest absolute Gasteiger partial charge is 0.338 e. The van der Waals surface area contributed by atoms with Crippen LogP contribution < -0.4 is 10.2 Å². The fourth-order valence-electron chi connectivity index (χ4n) is 6.12. The van der Waals surface area contributed by atoms with E-state index in [1.54, 1.807) is 4.90 Å². The SMILES string of the molecule is O=C1CCC(N2Cc3c(CN4CCC(N(c5ccccc5)c5ccccc5)CC4)cccc3C2=O)C(=O)N1. The molecule has 7 heteroatoms. The molecule has 1 atom stereocenters. The second-order valence-electron chi connectivity index (χ2n) is 10.4. The Morgan fingerprint density at radius 1 is 0.789 bits per heavy atom. The van der Waals surface area contributed by atoms with E-state index in [4.69, 9.17) is 0 Å². The molecule has 2 saturated heterocycles. The summed E-state index contributed by atoms with van der Waals surface area (Å²) in [5.41, 5.74) is 5.27. The third kappa shape index (κ3) is 4.70. The van der Waals surface area contributed by atoms with Gasteiger partial charge in [-0.1, -0.05) is 48.5 Å². The number of imide groups is 1. The molecule has 0 aliphatic carbocycles. The number of rotatable bonds is 6. The van der Waals surface area contributed by atoms with Crippen LogP contribution in [-0.4, -0.2) is 52.7 Å². The van der Waals surface area contributed by atoms with Gasteiger partial charge in [-0.05, 0) is 60.7 Å². The van der Waals surface area contributed by atoms with Gasteiger partial charge in [-0.15, -0.1) is 0 Å². The Labute approximate surface area is 223 Å². The lowest BCUT2D eigenvalue weighted by molar-refractivity contribution is -0.136. The maximum absolute atomic E-state index is 13.2. The zero-order chi connectivity index (χ0) is 26.1. The molecular weight excluding hydrogens is 476 g/mol. The molecular formula is C31H32N4O3. The maximum atomic E-state index is 13.2. The molecule has 0 aromatic heterocycles. The molecule has 7 nitrogen and oxygen atoms in total. The lowest BCUT2D eigenvalue weighted by atomic mass is 9.98. The highest BCUT2D eigenvalue weighted by Gasteiger charge is 2.40. The third-order valence-corrected chi connectivity index (χ3v) is 8.06. The van der Waals surface area contributed by atoms with Crippen LogP contribution in [0.2, 0.25) is 0 Å². The van der Waals surface area contributed by atoms with Crippen molar-refractivity contribution in [2.24, 2.45) is 0 Å². The minimum absolute atomic E-state index is 0.114. The number of carbonyl (C=O) groups is 3. The summed E-state index contributed by atoms with van der Waals surface area (Å²) < 4.78 is 0. The van der Waals surface area contributed by atoms with Crippen molar-refractivity contribution in [2.45, 2.75) is 50.9 Å². The number of likely N-dealkylation sites (tertiary alicyclic amines) is 1. The number of nitrogens with one attached hydrogen (secondary N) is 1. The molecule has 1 unspecified atom stereocenters. The van der Waals surface area contributed by atoms with Gasteiger partial charge in [-0.3, -0.25) is 24.6 Å². The monoisotopic (exact) mass is 508 g/mol. The molecule has 3 aliphatic heterocycles. The molecule has 0 bridgehead atoms. The second kappa shape index (κ2) is 10.4. The van der Waals surface area contributed by atoms with E-state index in [0.29, 0.717) is 24.6 Å². The highest BCUT2D eigenvalue weighted by molar-refractivity contribution is 6.05. The van der Waals surface area contributed by atoms with Gasteiger partial charge >= 0.3 is 0 Å². The van der Waals surface area contributed by atoms with Crippen LogP contribution in [0, 0.1) is 0 Å². The van der Waals surface area contributed by atoms with Gasteiger partial charge in [0.05, 0.1) is 0 Å². The van der Waals surface area contributed by atoms with Crippen LogP contribution in [0.3, 0.4) is 0 Å². The van der Waals surface area contributed by atoms with Gasteiger partial charge < -0.3 is 9.80 Å². The summed E-state index contributed by atoms with van der Waals surface area (Å²) in [6.45, 7) is 3.14. The Balaban J connectivity index is 1.15. The number of hydrogen-bond acceptors (Lipinski definition) is 5. The zero-order valence-corrected chi connectivity index (χ0v) is 21.4. The molecule has 3 amide bonds. The van der Waals surface area contributed by atoms with Crippen LogP contribution in [0.1, 0.15) is 47.2 Å². The highest BCUT2D eigenvalue weighted by atomic mass is 16.2. The molecule has 2 fully saturated rings. The normalized spacial score (nSPS) is 20.4. The average Bonchev–Trinajstić information content (AvgIpc) is 3.28. The number of benzene rings is 3. The topological polar surface area (TPSA) is 73.0 Å². The highest BCUT2D eigenvalue weighted by Crippen LogP contribution is 2.34. The van der Waals surface area contributed by atoms with E-state index in [-0.39, 0.29) is 24.1 Å². The predicted molar refractivity (Wildman–Crippen MR) is 146 cm³/mol. The van der Waals surface area contributed by atoms with Gasteiger partial charge in [0.2, 0.25) is 11.8 Å². The quantitative estimate of drug-likeness (QED) is 0.504. The van der Waals surface area contributed by atoms with Crippen molar-refractivity contribution in [2.75, 3.05) is 18.0 Å². The van der Waals surface area contributed by atoms with Gasteiger partial charge in [-0.25, -0.2) is 0 Å². The van der Waals surface area contributed by atoms with E-state index in [0.717, 1.165) is 43.6 Å². The first-order valence-corrected chi connectivity index (χ1v) is 13.5. The molecule has 0 radical (unpaired) electrons. The standard InChI is InChI=1S/C31H32N4O3/c36-29-15-14-28(30(37)32-29)34-21-27-22(8-7-13-26(27)31(34)38)20-33-18-16-25(17-19-33)35(23-9-3-1-4-10-23)24-11-5-2-6-12-24/h1-13,25,28H,14-21H2,(H,32,36,37). The number of fused-ring (bicyclic) bond motifs is 1. The second-order valence-corrected chi connectivity index (χ2v) is 10.4. The number of hydrogen-bond donors (Lipinski definition) is 1. The van der Waals surface area contributed by atoms with E-state index in [1.165, 1.54) is 11.4 Å². The number of nitrogens with zero attached hydrogens (tertiary/aromatic N) is 3. The van der Waals surface area contributed by atoms with Gasteiger partial charge in [0.25, 0.3) is 5.91 Å². The van der Waals surface area contributed by atoms with Crippen LogP contribution in [0.25, 0.3) is 0 Å². The summed E-state index contributed by atoms with van der Waals surface area (Å²) >= 11 is 0. The molecule has 3 heterocycles. The third-order valence-electron chi connectivity index (χ3n) is 8.06. The van der Waals surface area contributed by atoms with Gasteiger partial charge in [0.15, 0.2) is 0 Å². The number of amides is 3. The Morgan fingerprint density at radius 3 is 2.08 bits per heavy atom. The van der Waals surface area contributed by atoms with E-state index >= 15 is 0 Å². The fraction of sp³-hybridized carbons (Fsp3) is 0.323. The molecule has 0 saturated carbocycles. The van der Waals surface area contributed by atoms with E-state index in [2.05, 4.69) is 81.8 Å². The van der Waals surface area contributed by atoms with Crippen molar-refractivity contribution < 1.29 is 14.4 Å². The zero-order valence-electron chi connectivity index (χ0n) is 21.4. The van der Waals surface area contributed by atoms with E-state index in [9.17, 15) is 14.4 Å². The van der Waals surface area contributed by atoms with Crippen molar-refractivity contribution in [3.8, 4) is 0 Å². The summed E-state index contributed by atoms with van der Waals surface area (Å²) in [5.74, 6) is -0.749. The lowest BCUT2D eigenvalue weighted by Gasteiger charge is -2.40. The van der Waals surface area contributed by atoms with E-state index < -0.39 is 6.04 Å². The Morgan fingerprint density at radius 2 is 1.45 bits per heavy atom. The average molecular weight is 509 g/mol. The van der Waals surface area contributed by atoms with E-state index in [1.807, 2.05) is 12.1 Å².